The predicted molar refractivity (Wildman–Crippen MR) is 74.1 cm³/mol. The summed E-state index contributed by atoms with van der Waals surface area (Å²) in [6, 6.07) is 3.99. The van der Waals surface area contributed by atoms with Crippen LogP contribution in [0.2, 0.25) is 5.02 Å². The molecule has 20 heavy (non-hydrogen) atoms. The minimum absolute atomic E-state index is 0.0259. The van der Waals surface area contributed by atoms with E-state index in [-0.39, 0.29) is 17.5 Å². The van der Waals surface area contributed by atoms with E-state index in [1.165, 1.54) is 18.2 Å². The number of piperazine rings is 1. The van der Waals surface area contributed by atoms with Crippen molar-refractivity contribution in [2.75, 3.05) is 39.8 Å². The lowest BCUT2D eigenvalue weighted by Crippen LogP contribution is -2.53. The zero-order valence-corrected chi connectivity index (χ0v) is 12.0. The summed E-state index contributed by atoms with van der Waals surface area (Å²) >= 11 is 5.63. The fourth-order valence-corrected chi connectivity index (χ4v) is 2.01. The standard InChI is InChI=1S/C13H17ClFN3O2/c1-17-4-6-18(7-5-17)16-13(19)9-20-10-2-3-12(15)11(14)8-10/h2-3,8H,4-7,9H2,1H3,(H,16,19). The molecule has 1 aromatic rings. The molecule has 1 fully saturated rings. The fourth-order valence-electron chi connectivity index (χ4n) is 1.84. The second-order valence-electron chi connectivity index (χ2n) is 4.69. The molecule has 1 N–H and O–H groups in total. The van der Waals surface area contributed by atoms with Gasteiger partial charge in [-0.05, 0) is 19.2 Å². The van der Waals surface area contributed by atoms with E-state index in [0.717, 1.165) is 26.2 Å². The molecule has 0 aromatic heterocycles. The number of carbonyl (C=O) groups is 1. The number of likely N-dealkylation sites (N-methyl/N-ethyl adjacent to an activating group) is 1. The summed E-state index contributed by atoms with van der Waals surface area (Å²) in [5, 5.41) is 1.84. The number of benzene rings is 1. The van der Waals surface area contributed by atoms with E-state index < -0.39 is 5.82 Å². The van der Waals surface area contributed by atoms with Crippen LogP contribution >= 0.6 is 11.6 Å². The summed E-state index contributed by atoms with van der Waals surface area (Å²) in [5.74, 6) is -0.388. The van der Waals surface area contributed by atoms with E-state index in [2.05, 4.69) is 10.3 Å². The minimum Gasteiger partial charge on any atom is -0.484 e. The van der Waals surface area contributed by atoms with Gasteiger partial charge in [-0.2, -0.15) is 0 Å². The van der Waals surface area contributed by atoms with Crippen LogP contribution in [-0.4, -0.2) is 55.6 Å². The summed E-state index contributed by atoms with van der Waals surface area (Å²) < 4.78 is 18.2. The quantitative estimate of drug-likeness (QED) is 0.906. The van der Waals surface area contributed by atoms with Gasteiger partial charge < -0.3 is 9.64 Å². The molecule has 110 valence electrons. The second kappa shape index (κ2) is 6.88. The van der Waals surface area contributed by atoms with Gasteiger partial charge in [0.1, 0.15) is 11.6 Å². The fraction of sp³-hybridized carbons (Fsp3) is 0.462. The Morgan fingerprint density at radius 2 is 2.10 bits per heavy atom. The van der Waals surface area contributed by atoms with Crippen LogP contribution in [0.3, 0.4) is 0 Å². The van der Waals surface area contributed by atoms with Gasteiger partial charge in [0, 0.05) is 32.2 Å². The maximum absolute atomic E-state index is 13.0. The molecule has 1 amide bonds. The zero-order chi connectivity index (χ0) is 14.5. The smallest absolute Gasteiger partial charge is 0.272 e. The van der Waals surface area contributed by atoms with Gasteiger partial charge in [-0.3, -0.25) is 10.2 Å². The Labute approximate surface area is 122 Å². The maximum atomic E-state index is 13.0. The highest BCUT2D eigenvalue weighted by molar-refractivity contribution is 6.30. The number of carbonyl (C=O) groups excluding carboxylic acids is 1. The van der Waals surface area contributed by atoms with Crippen LogP contribution < -0.4 is 10.2 Å². The summed E-state index contributed by atoms with van der Waals surface area (Å²) in [4.78, 5) is 13.9. The van der Waals surface area contributed by atoms with Crippen molar-refractivity contribution in [3.05, 3.63) is 29.0 Å². The van der Waals surface area contributed by atoms with Gasteiger partial charge in [0.2, 0.25) is 0 Å². The Kier molecular flexibility index (Phi) is 5.17. The van der Waals surface area contributed by atoms with Gasteiger partial charge >= 0.3 is 0 Å². The van der Waals surface area contributed by atoms with Gasteiger partial charge in [0.05, 0.1) is 5.02 Å². The molecule has 0 radical (unpaired) electrons. The van der Waals surface area contributed by atoms with E-state index in [4.69, 9.17) is 16.3 Å². The number of nitrogens with one attached hydrogen (secondary N) is 1. The van der Waals surface area contributed by atoms with Gasteiger partial charge in [0.15, 0.2) is 6.61 Å². The van der Waals surface area contributed by atoms with E-state index in [9.17, 15) is 9.18 Å². The molecule has 0 aliphatic carbocycles. The van der Waals surface area contributed by atoms with Crippen molar-refractivity contribution in [1.29, 1.82) is 0 Å². The largest absolute Gasteiger partial charge is 0.484 e. The molecule has 1 saturated heterocycles. The van der Waals surface area contributed by atoms with Crippen LogP contribution in [0.4, 0.5) is 4.39 Å². The molecule has 0 saturated carbocycles. The second-order valence-corrected chi connectivity index (χ2v) is 5.10. The van der Waals surface area contributed by atoms with Crippen molar-refractivity contribution >= 4 is 17.5 Å². The Hall–Kier alpha value is -1.37. The first-order chi connectivity index (χ1) is 9.54. The number of hydrazine groups is 1. The third-order valence-corrected chi connectivity index (χ3v) is 3.34. The lowest BCUT2D eigenvalue weighted by atomic mass is 10.3. The summed E-state index contributed by atoms with van der Waals surface area (Å²) in [6.45, 7) is 3.26. The average Bonchev–Trinajstić information content (AvgIpc) is 2.43. The molecule has 1 aliphatic rings. The molecule has 0 spiro atoms. The van der Waals surface area contributed by atoms with Crippen LogP contribution in [0, 0.1) is 5.82 Å². The lowest BCUT2D eigenvalue weighted by Gasteiger charge is -2.32. The summed E-state index contributed by atoms with van der Waals surface area (Å²) in [5.41, 5.74) is 2.77. The van der Waals surface area contributed by atoms with Crippen LogP contribution in [0.1, 0.15) is 0 Å². The number of nitrogens with zero attached hydrogens (tertiary/aromatic N) is 2. The zero-order valence-electron chi connectivity index (χ0n) is 11.2. The Morgan fingerprint density at radius 3 is 2.75 bits per heavy atom. The van der Waals surface area contributed by atoms with E-state index in [0.29, 0.717) is 5.75 Å². The third-order valence-electron chi connectivity index (χ3n) is 3.05. The molecule has 0 bridgehead atoms. The molecule has 0 unspecified atom stereocenters. The maximum Gasteiger partial charge on any atom is 0.272 e. The van der Waals surface area contributed by atoms with Gasteiger partial charge in [-0.1, -0.05) is 11.6 Å². The van der Waals surface area contributed by atoms with Crippen molar-refractivity contribution in [3.8, 4) is 5.75 Å². The summed E-state index contributed by atoms with van der Waals surface area (Å²) in [7, 11) is 2.04. The highest BCUT2D eigenvalue weighted by Gasteiger charge is 2.15. The van der Waals surface area contributed by atoms with E-state index in [1.54, 1.807) is 0 Å². The van der Waals surface area contributed by atoms with Crippen molar-refractivity contribution < 1.29 is 13.9 Å². The Morgan fingerprint density at radius 1 is 1.40 bits per heavy atom. The first-order valence-corrected chi connectivity index (χ1v) is 6.73. The topological polar surface area (TPSA) is 44.8 Å². The number of hydrogen-bond donors (Lipinski definition) is 1. The van der Waals surface area contributed by atoms with Crippen molar-refractivity contribution in [2.24, 2.45) is 0 Å². The molecular weight excluding hydrogens is 285 g/mol. The van der Waals surface area contributed by atoms with Crippen LogP contribution in [0.25, 0.3) is 0 Å². The molecular formula is C13H17ClFN3O2. The normalized spacial score (nSPS) is 16.9. The molecule has 5 nitrogen and oxygen atoms in total. The number of hydrogen-bond acceptors (Lipinski definition) is 4. The molecule has 1 aliphatic heterocycles. The average molecular weight is 302 g/mol. The number of ether oxygens (including phenoxy) is 1. The third kappa shape index (κ3) is 4.33. The van der Waals surface area contributed by atoms with Crippen molar-refractivity contribution in [3.63, 3.8) is 0 Å². The first-order valence-electron chi connectivity index (χ1n) is 6.35. The first kappa shape index (κ1) is 15.0. The molecule has 7 heteroatoms. The lowest BCUT2D eigenvalue weighted by molar-refractivity contribution is -0.128. The van der Waals surface area contributed by atoms with E-state index in [1.807, 2.05) is 12.1 Å². The van der Waals surface area contributed by atoms with E-state index >= 15 is 0 Å². The van der Waals surface area contributed by atoms with Crippen LogP contribution in [-0.2, 0) is 4.79 Å². The van der Waals surface area contributed by atoms with Gasteiger partial charge in [-0.25, -0.2) is 9.40 Å². The van der Waals surface area contributed by atoms with Crippen LogP contribution in [0.5, 0.6) is 5.75 Å². The van der Waals surface area contributed by atoms with Crippen LogP contribution in [0.15, 0.2) is 18.2 Å². The summed E-state index contributed by atoms with van der Waals surface area (Å²) in [6.07, 6.45) is 0. The predicted octanol–water partition coefficient (Wildman–Crippen LogP) is 1.14. The monoisotopic (exact) mass is 301 g/mol. The molecule has 0 atom stereocenters. The molecule has 1 heterocycles. The number of amides is 1. The highest BCUT2D eigenvalue weighted by Crippen LogP contribution is 2.20. The minimum atomic E-state index is -0.513. The Balaban J connectivity index is 1.76. The Bertz CT molecular complexity index is 479. The van der Waals surface area contributed by atoms with Gasteiger partial charge in [-0.15, -0.1) is 0 Å². The number of halogens is 2. The molecule has 2 rings (SSSR count). The molecule has 1 aromatic carbocycles. The van der Waals surface area contributed by atoms with Crippen molar-refractivity contribution in [2.45, 2.75) is 0 Å². The highest BCUT2D eigenvalue weighted by atomic mass is 35.5. The van der Waals surface area contributed by atoms with Crippen molar-refractivity contribution in [1.82, 2.24) is 15.3 Å². The number of rotatable bonds is 4. The van der Waals surface area contributed by atoms with Gasteiger partial charge in [0.25, 0.3) is 5.91 Å². The SMILES string of the molecule is CN1CCN(NC(=O)COc2ccc(F)c(Cl)c2)CC1.